The van der Waals surface area contributed by atoms with E-state index in [-0.39, 0.29) is 18.3 Å². The summed E-state index contributed by atoms with van der Waals surface area (Å²) in [6.45, 7) is 0.376. The number of nitrogens with two attached hydrogens (primary N) is 1. The van der Waals surface area contributed by atoms with Crippen molar-refractivity contribution in [1.82, 2.24) is 4.90 Å². The van der Waals surface area contributed by atoms with Crippen LogP contribution in [0, 0.1) is 0 Å². The summed E-state index contributed by atoms with van der Waals surface area (Å²) in [6, 6.07) is 18.7. The van der Waals surface area contributed by atoms with Crippen molar-refractivity contribution in [2.45, 2.75) is 31.0 Å². The molecule has 4 nitrogen and oxygen atoms in total. The van der Waals surface area contributed by atoms with Gasteiger partial charge in [-0.1, -0.05) is 66.7 Å². The van der Waals surface area contributed by atoms with E-state index in [2.05, 4.69) is 0 Å². The van der Waals surface area contributed by atoms with E-state index in [1.807, 2.05) is 72.6 Å². The van der Waals surface area contributed by atoms with Gasteiger partial charge in [0, 0.05) is 6.42 Å². The molecule has 0 bridgehead atoms. The summed E-state index contributed by atoms with van der Waals surface area (Å²) < 4.78 is 20.1. The summed E-state index contributed by atoms with van der Waals surface area (Å²) in [7, 11) is 1.86. The molecule has 2 aromatic carbocycles. The van der Waals surface area contributed by atoms with Crippen LogP contribution in [-0.2, 0) is 9.53 Å². The Morgan fingerprint density at radius 2 is 1.70 bits per heavy atom. The normalized spacial score (nSPS) is 23.9. The van der Waals surface area contributed by atoms with E-state index >= 15 is 0 Å². The van der Waals surface area contributed by atoms with Gasteiger partial charge in [-0.15, -0.1) is 0 Å². The predicted molar refractivity (Wildman–Crippen MR) is 103 cm³/mol. The van der Waals surface area contributed by atoms with Gasteiger partial charge in [0.1, 0.15) is 12.1 Å². The molecule has 1 fully saturated rings. The molecule has 1 aliphatic rings. The van der Waals surface area contributed by atoms with Crippen LogP contribution in [-0.4, -0.2) is 30.5 Å². The molecule has 0 aliphatic carbocycles. The fourth-order valence-corrected chi connectivity index (χ4v) is 3.53. The van der Waals surface area contributed by atoms with Crippen LogP contribution in [0.2, 0.25) is 0 Å². The second-order valence-electron chi connectivity index (χ2n) is 6.74. The maximum atomic E-state index is 14.2. The number of cyclic esters (lactones) is 1. The summed E-state index contributed by atoms with van der Waals surface area (Å²) >= 11 is 0. The zero-order chi connectivity index (χ0) is 19.2. The Labute approximate surface area is 159 Å². The number of hydrogen-bond acceptors (Lipinski definition) is 4. The predicted octanol–water partition coefficient (Wildman–Crippen LogP) is 3.92. The van der Waals surface area contributed by atoms with Crippen LogP contribution >= 0.6 is 0 Å². The first-order valence-corrected chi connectivity index (χ1v) is 9.18. The maximum absolute atomic E-state index is 14.2. The van der Waals surface area contributed by atoms with Crippen molar-refractivity contribution in [2.24, 2.45) is 5.73 Å². The molecule has 2 aromatic rings. The molecule has 0 radical (unpaired) electrons. The van der Waals surface area contributed by atoms with Crippen molar-refractivity contribution >= 4 is 5.97 Å². The van der Waals surface area contributed by atoms with Gasteiger partial charge in [0.2, 0.25) is 0 Å². The van der Waals surface area contributed by atoms with Crippen LogP contribution in [0.25, 0.3) is 0 Å². The number of carbonyl (C=O) groups is 1. The molecular formula is C22H25FN2O2. The molecule has 0 aromatic heterocycles. The van der Waals surface area contributed by atoms with E-state index in [0.717, 1.165) is 11.1 Å². The number of hydrogen-bond donors (Lipinski definition) is 1. The summed E-state index contributed by atoms with van der Waals surface area (Å²) in [5.74, 6) is -0.742. The molecule has 27 heavy (non-hydrogen) atoms. The van der Waals surface area contributed by atoms with Gasteiger partial charge in [0.05, 0.1) is 11.9 Å². The molecule has 1 saturated heterocycles. The molecule has 0 spiro atoms. The molecule has 0 saturated carbocycles. The summed E-state index contributed by atoms with van der Waals surface area (Å²) in [6.07, 6.45) is 1.44. The van der Waals surface area contributed by atoms with Gasteiger partial charge in [-0.25, -0.2) is 4.39 Å². The average Bonchev–Trinajstić information content (AvgIpc) is 2.70. The first kappa shape index (κ1) is 19.3. The van der Waals surface area contributed by atoms with Crippen molar-refractivity contribution in [3.63, 3.8) is 0 Å². The van der Waals surface area contributed by atoms with Crippen LogP contribution in [0.4, 0.5) is 4.39 Å². The van der Waals surface area contributed by atoms with Gasteiger partial charge in [-0.05, 0) is 31.1 Å². The Kier molecular flexibility index (Phi) is 6.37. The Morgan fingerprint density at radius 3 is 2.30 bits per heavy atom. The third kappa shape index (κ3) is 4.43. The number of rotatable bonds is 6. The molecule has 5 heteroatoms. The number of halogens is 1. The van der Waals surface area contributed by atoms with Gasteiger partial charge in [0.15, 0.2) is 0 Å². The lowest BCUT2D eigenvalue weighted by Gasteiger charge is -2.43. The minimum absolute atomic E-state index is 0.0137. The highest BCUT2D eigenvalue weighted by Gasteiger charge is 2.43. The van der Waals surface area contributed by atoms with Crippen LogP contribution in [0.3, 0.4) is 0 Å². The van der Waals surface area contributed by atoms with Crippen molar-refractivity contribution in [3.05, 3.63) is 83.7 Å². The lowest BCUT2D eigenvalue weighted by molar-refractivity contribution is -0.173. The third-order valence-corrected chi connectivity index (χ3v) is 4.92. The fourth-order valence-electron chi connectivity index (χ4n) is 3.53. The largest absolute Gasteiger partial charge is 0.454 e. The van der Waals surface area contributed by atoms with Crippen molar-refractivity contribution in [2.75, 3.05) is 13.6 Å². The molecule has 3 rings (SSSR count). The van der Waals surface area contributed by atoms with Crippen LogP contribution < -0.4 is 5.73 Å². The van der Waals surface area contributed by atoms with Crippen LogP contribution in [0.15, 0.2) is 72.6 Å². The number of benzene rings is 2. The molecule has 1 heterocycles. The van der Waals surface area contributed by atoms with Crippen LogP contribution in [0.1, 0.15) is 36.1 Å². The standard InChI is InChI=1S/C22H25FN2O2/c1-25-19(15-18(23)13-8-14-24)22(26)27-21(17-11-6-3-7-12-17)20(25)16-9-4-2-5-10-16/h2-7,9-13,19-21H,8,14-15,24H2,1H3/b18-13-. The Hall–Kier alpha value is -2.50. The fraction of sp³-hybridized carbons (Fsp3) is 0.318. The molecule has 3 unspecified atom stereocenters. The molecule has 1 aliphatic heterocycles. The topological polar surface area (TPSA) is 55.6 Å². The zero-order valence-electron chi connectivity index (χ0n) is 15.4. The van der Waals surface area contributed by atoms with E-state index in [9.17, 15) is 9.18 Å². The van der Waals surface area contributed by atoms with Gasteiger partial charge in [-0.3, -0.25) is 9.69 Å². The van der Waals surface area contributed by atoms with Crippen molar-refractivity contribution in [1.29, 1.82) is 0 Å². The van der Waals surface area contributed by atoms with Crippen molar-refractivity contribution < 1.29 is 13.9 Å². The van der Waals surface area contributed by atoms with E-state index in [4.69, 9.17) is 10.5 Å². The van der Waals surface area contributed by atoms with Crippen molar-refractivity contribution in [3.8, 4) is 0 Å². The minimum atomic E-state index is -0.677. The van der Waals surface area contributed by atoms with Crippen LogP contribution in [0.5, 0.6) is 0 Å². The van der Waals surface area contributed by atoms with E-state index < -0.39 is 18.1 Å². The highest BCUT2D eigenvalue weighted by Crippen LogP contribution is 2.42. The number of esters is 1. The number of likely N-dealkylation sites (N-methyl/N-ethyl adjacent to an activating group) is 1. The maximum Gasteiger partial charge on any atom is 0.324 e. The second kappa shape index (κ2) is 8.93. The molecule has 0 amide bonds. The lowest BCUT2D eigenvalue weighted by atomic mass is 9.91. The molecular weight excluding hydrogens is 343 g/mol. The lowest BCUT2D eigenvalue weighted by Crippen LogP contribution is -2.49. The summed E-state index contributed by atoms with van der Waals surface area (Å²) in [4.78, 5) is 14.6. The van der Waals surface area contributed by atoms with Gasteiger partial charge in [0.25, 0.3) is 0 Å². The number of nitrogens with zero attached hydrogens (tertiary/aromatic N) is 1. The van der Waals surface area contributed by atoms with E-state index in [0.29, 0.717) is 13.0 Å². The summed E-state index contributed by atoms with van der Waals surface area (Å²) in [5, 5.41) is 0. The second-order valence-corrected chi connectivity index (χ2v) is 6.74. The Bertz CT molecular complexity index is 779. The summed E-state index contributed by atoms with van der Waals surface area (Å²) in [5.41, 5.74) is 7.38. The zero-order valence-corrected chi connectivity index (χ0v) is 15.4. The monoisotopic (exact) mass is 368 g/mol. The smallest absolute Gasteiger partial charge is 0.324 e. The molecule has 3 atom stereocenters. The van der Waals surface area contributed by atoms with E-state index in [1.54, 1.807) is 0 Å². The molecule has 2 N–H and O–H groups in total. The number of morpholine rings is 1. The quantitative estimate of drug-likeness (QED) is 0.785. The highest BCUT2D eigenvalue weighted by molar-refractivity contribution is 5.77. The molecule has 142 valence electrons. The number of ether oxygens (including phenoxy) is 1. The highest BCUT2D eigenvalue weighted by atomic mass is 19.1. The Balaban J connectivity index is 1.93. The Morgan fingerprint density at radius 1 is 1.11 bits per heavy atom. The minimum Gasteiger partial charge on any atom is -0.454 e. The van der Waals surface area contributed by atoms with E-state index in [1.165, 1.54) is 6.08 Å². The third-order valence-electron chi connectivity index (χ3n) is 4.92. The first-order valence-electron chi connectivity index (χ1n) is 9.18. The average molecular weight is 368 g/mol. The van der Waals surface area contributed by atoms with Gasteiger partial charge >= 0.3 is 5.97 Å². The van der Waals surface area contributed by atoms with Gasteiger partial charge < -0.3 is 10.5 Å². The SMILES string of the molecule is CN1C(C/C(F)=C/CCN)C(=O)OC(c2ccccc2)C1c1ccccc1. The number of carbonyl (C=O) groups excluding carboxylic acids is 1. The van der Waals surface area contributed by atoms with Gasteiger partial charge in [-0.2, -0.15) is 0 Å². The first-order chi connectivity index (χ1) is 13.1.